The van der Waals surface area contributed by atoms with Crippen molar-refractivity contribution in [3.63, 3.8) is 0 Å². The zero-order chi connectivity index (χ0) is 13.2. The Bertz CT molecular complexity index is 577. The fraction of sp³-hybridized carbons (Fsp3) is 0.417. The Kier molecular flexibility index (Phi) is 3.04. The summed E-state index contributed by atoms with van der Waals surface area (Å²) in [6.07, 6.45) is 3.98. The van der Waals surface area contributed by atoms with E-state index in [1.807, 2.05) is 6.92 Å². The molecule has 0 aliphatic heterocycles. The minimum absolute atomic E-state index is 0.470. The van der Waals surface area contributed by atoms with Crippen LogP contribution in [0.3, 0.4) is 0 Å². The van der Waals surface area contributed by atoms with E-state index in [0.717, 1.165) is 30.2 Å². The molecule has 4 N–H and O–H groups in total. The van der Waals surface area contributed by atoms with Crippen molar-refractivity contribution in [3.05, 3.63) is 29.7 Å². The maximum atomic E-state index is 5.42. The fourth-order valence-electron chi connectivity index (χ4n) is 1.80. The first-order valence-corrected chi connectivity index (χ1v) is 6.25. The predicted octanol–water partition coefficient (Wildman–Crippen LogP) is 1.55. The van der Waals surface area contributed by atoms with Crippen LogP contribution < -0.4 is 16.6 Å². The van der Waals surface area contributed by atoms with E-state index in [1.54, 1.807) is 12.3 Å². The van der Waals surface area contributed by atoms with Crippen molar-refractivity contribution in [1.29, 1.82) is 0 Å². The summed E-state index contributed by atoms with van der Waals surface area (Å²) < 4.78 is 5.39. The summed E-state index contributed by atoms with van der Waals surface area (Å²) >= 11 is 0. The Morgan fingerprint density at radius 3 is 2.79 bits per heavy atom. The van der Waals surface area contributed by atoms with Crippen LogP contribution in [0.5, 0.6) is 0 Å². The Labute approximate surface area is 110 Å². The molecule has 0 amide bonds. The van der Waals surface area contributed by atoms with Crippen molar-refractivity contribution in [1.82, 2.24) is 15.0 Å². The van der Waals surface area contributed by atoms with Crippen molar-refractivity contribution in [2.45, 2.75) is 32.2 Å². The van der Waals surface area contributed by atoms with E-state index >= 15 is 0 Å². The summed E-state index contributed by atoms with van der Waals surface area (Å²) in [6, 6.07) is 1.77. The average Bonchev–Trinajstić information content (AvgIpc) is 3.19. The summed E-state index contributed by atoms with van der Waals surface area (Å²) in [7, 11) is 0. The summed E-state index contributed by atoms with van der Waals surface area (Å²) in [4.78, 5) is 13.0. The maximum Gasteiger partial charge on any atom is 0.213 e. The van der Waals surface area contributed by atoms with Gasteiger partial charge in [-0.3, -0.25) is 0 Å². The van der Waals surface area contributed by atoms with Crippen LogP contribution in [0.2, 0.25) is 0 Å². The van der Waals surface area contributed by atoms with Crippen LogP contribution in [-0.4, -0.2) is 15.0 Å². The molecule has 1 aliphatic rings. The van der Waals surface area contributed by atoms with Crippen LogP contribution >= 0.6 is 0 Å². The molecule has 7 heteroatoms. The van der Waals surface area contributed by atoms with Crippen LogP contribution in [0.25, 0.3) is 0 Å². The largest absolute Gasteiger partial charge is 0.444 e. The van der Waals surface area contributed by atoms with Crippen LogP contribution in [0.1, 0.15) is 36.2 Å². The maximum absolute atomic E-state index is 5.42. The Morgan fingerprint density at radius 2 is 2.16 bits per heavy atom. The summed E-state index contributed by atoms with van der Waals surface area (Å²) in [5.74, 6) is 9.49. The molecule has 0 unspecified atom stereocenters. The van der Waals surface area contributed by atoms with Crippen LogP contribution in [0.4, 0.5) is 11.6 Å². The minimum Gasteiger partial charge on any atom is -0.444 e. The van der Waals surface area contributed by atoms with Gasteiger partial charge in [0, 0.05) is 12.0 Å². The van der Waals surface area contributed by atoms with Gasteiger partial charge in [0.05, 0.1) is 12.7 Å². The molecular formula is C12H16N6O. The summed E-state index contributed by atoms with van der Waals surface area (Å²) in [5, 5.41) is 3.17. The van der Waals surface area contributed by atoms with Crippen molar-refractivity contribution >= 4 is 11.6 Å². The highest BCUT2D eigenvalue weighted by Gasteiger charge is 2.27. The molecule has 1 aliphatic carbocycles. The molecule has 7 nitrogen and oxygen atoms in total. The lowest BCUT2D eigenvalue weighted by Gasteiger charge is -2.08. The average molecular weight is 260 g/mol. The highest BCUT2D eigenvalue weighted by atomic mass is 16.4. The minimum atomic E-state index is 0.470. The van der Waals surface area contributed by atoms with Crippen molar-refractivity contribution in [3.8, 4) is 0 Å². The number of nitrogen functional groups attached to an aromatic ring is 1. The van der Waals surface area contributed by atoms with E-state index in [1.165, 1.54) is 0 Å². The Morgan fingerprint density at radius 1 is 1.37 bits per heavy atom. The molecule has 0 spiro atoms. The molecule has 0 aromatic carbocycles. The van der Waals surface area contributed by atoms with Crippen LogP contribution in [-0.2, 0) is 6.54 Å². The van der Waals surface area contributed by atoms with E-state index in [9.17, 15) is 0 Å². The monoisotopic (exact) mass is 260 g/mol. The lowest BCUT2D eigenvalue weighted by molar-refractivity contribution is 0.478. The molecule has 1 saturated carbocycles. The summed E-state index contributed by atoms with van der Waals surface area (Å²) in [6.45, 7) is 2.35. The number of hydrogen-bond acceptors (Lipinski definition) is 7. The van der Waals surface area contributed by atoms with E-state index < -0.39 is 0 Å². The number of oxazole rings is 1. The highest BCUT2D eigenvalue weighted by Crippen LogP contribution is 2.38. The van der Waals surface area contributed by atoms with Crippen molar-refractivity contribution in [2.24, 2.45) is 5.84 Å². The van der Waals surface area contributed by atoms with Crippen molar-refractivity contribution < 1.29 is 4.42 Å². The van der Waals surface area contributed by atoms with Gasteiger partial charge < -0.3 is 15.2 Å². The molecular weight excluding hydrogens is 244 g/mol. The van der Waals surface area contributed by atoms with Gasteiger partial charge >= 0.3 is 0 Å². The molecule has 3 rings (SSSR count). The third-order valence-corrected chi connectivity index (χ3v) is 2.92. The second-order valence-electron chi connectivity index (χ2n) is 4.63. The van der Waals surface area contributed by atoms with Crippen LogP contribution in [0.15, 0.2) is 16.7 Å². The van der Waals surface area contributed by atoms with Gasteiger partial charge in [0.25, 0.3) is 0 Å². The van der Waals surface area contributed by atoms with Gasteiger partial charge in [-0.1, -0.05) is 0 Å². The topological polar surface area (TPSA) is 102 Å². The second kappa shape index (κ2) is 4.85. The number of aryl methyl sites for hydroxylation is 1. The Balaban J connectivity index is 1.74. The van der Waals surface area contributed by atoms with Gasteiger partial charge in [0.15, 0.2) is 0 Å². The number of hydrazine groups is 1. The number of nitrogens with two attached hydrogens (primary N) is 1. The third-order valence-electron chi connectivity index (χ3n) is 2.92. The SMILES string of the molecule is Cc1cnc(CNc2cc(NN)nc(C3CC3)n2)o1. The standard InChI is InChI=1S/C12H16N6O/c1-7-5-15-11(19-7)6-14-9-4-10(18-13)17-12(16-9)8-2-3-8/h4-5,8H,2-3,6,13H2,1H3,(H2,14,16,17,18). The van der Waals surface area contributed by atoms with Gasteiger partial charge in [0.1, 0.15) is 23.2 Å². The first kappa shape index (κ1) is 11.9. The lowest BCUT2D eigenvalue weighted by atomic mass is 10.3. The molecule has 100 valence electrons. The van der Waals surface area contributed by atoms with Gasteiger partial charge in [-0.05, 0) is 19.8 Å². The molecule has 2 aromatic rings. The normalized spacial score (nSPS) is 14.4. The third kappa shape index (κ3) is 2.82. The van der Waals surface area contributed by atoms with Gasteiger partial charge in [0.2, 0.25) is 5.89 Å². The molecule has 2 aromatic heterocycles. The van der Waals surface area contributed by atoms with Gasteiger partial charge in [-0.25, -0.2) is 20.8 Å². The van der Waals surface area contributed by atoms with Gasteiger partial charge in [-0.2, -0.15) is 0 Å². The van der Waals surface area contributed by atoms with E-state index in [0.29, 0.717) is 24.2 Å². The molecule has 0 saturated heterocycles. The number of rotatable bonds is 5. The van der Waals surface area contributed by atoms with E-state index in [2.05, 4.69) is 25.7 Å². The first-order chi connectivity index (χ1) is 9.24. The first-order valence-electron chi connectivity index (χ1n) is 6.25. The van der Waals surface area contributed by atoms with E-state index in [4.69, 9.17) is 10.3 Å². The number of aromatic nitrogens is 3. The smallest absolute Gasteiger partial charge is 0.213 e. The van der Waals surface area contributed by atoms with Crippen LogP contribution in [0, 0.1) is 6.92 Å². The van der Waals surface area contributed by atoms with Crippen molar-refractivity contribution in [2.75, 3.05) is 10.7 Å². The highest BCUT2D eigenvalue weighted by molar-refractivity contribution is 5.47. The van der Waals surface area contributed by atoms with Gasteiger partial charge in [-0.15, -0.1) is 0 Å². The molecule has 19 heavy (non-hydrogen) atoms. The number of nitrogens with zero attached hydrogens (tertiary/aromatic N) is 3. The molecule has 0 bridgehead atoms. The lowest BCUT2D eigenvalue weighted by Crippen LogP contribution is -2.12. The fourth-order valence-corrected chi connectivity index (χ4v) is 1.80. The second-order valence-corrected chi connectivity index (χ2v) is 4.63. The molecule has 0 atom stereocenters. The molecule has 0 radical (unpaired) electrons. The summed E-state index contributed by atoms with van der Waals surface area (Å²) in [5.41, 5.74) is 2.56. The number of anilines is 2. The zero-order valence-electron chi connectivity index (χ0n) is 10.7. The zero-order valence-corrected chi connectivity index (χ0v) is 10.7. The molecule has 1 fully saturated rings. The molecule has 2 heterocycles. The Hall–Kier alpha value is -2.15. The quantitative estimate of drug-likeness (QED) is 0.553. The number of nitrogens with one attached hydrogen (secondary N) is 2. The predicted molar refractivity (Wildman–Crippen MR) is 70.4 cm³/mol. The van der Waals surface area contributed by atoms with E-state index in [-0.39, 0.29) is 0 Å². The number of hydrogen-bond donors (Lipinski definition) is 3.